The number of aryl methyl sites for hydroxylation is 1. The minimum Gasteiger partial charge on any atom is -0.310 e. The summed E-state index contributed by atoms with van der Waals surface area (Å²) in [5, 5.41) is 3.51. The van der Waals surface area contributed by atoms with Gasteiger partial charge < -0.3 is 5.32 Å². The molecule has 1 unspecified atom stereocenters. The van der Waals surface area contributed by atoms with Crippen molar-refractivity contribution in [1.82, 2.24) is 5.32 Å². The third-order valence-electron chi connectivity index (χ3n) is 2.57. The van der Waals surface area contributed by atoms with Gasteiger partial charge in [0.25, 0.3) is 0 Å². The first-order valence-corrected chi connectivity index (χ1v) is 5.58. The molecule has 0 bridgehead atoms. The highest BCUT2D eigenvalue weighted by Crippen LogP contribution is 2.22. The lowest BCUT2D eigenvalue weighted by Crippen LogP contribution is -2.21. The first-order valence-electron chi connectivity index (χ1n) is 5.58. The molecule has 0 aliphatic rings. The zero-order valence-electron chi connectivity index (χ0n) is 10.0. The average molecular weight is 203 g/mol. The van der Waals surface area contributed by atoms with Crippen molar-refractivity contribution >= 4 is 0 Å². The van der Waals surface area contributed by atoms with Gasteiger partial charge in [0.1, 0.15) is 0 Å². The van der Waals surface area contributed by atoms with Gasteiger partial charge in [-0.2, -0.15) is 0 Å². The van der Waals surface area contributed by atoms with Crippen molar-refractivity contribution in [2.75, 3.05) is 6.54 Å². The number of rotatable bonds is 5. The van der Waals surface area contributed by atoms with Gasteiger partial charge in [0.05, 0.1) is 0 Å². The molecule has 1 rings (SSSR count). The first kappa shape index (κ1) is 12.0. The second-order valence-electron chi connectivity index (χ2n) is 4.13. The maximum atomic E-state index is 3.99. The van der Waals surface area contributed by atoms with Gasteiger partial charge in [-0.05, 0) is 37.9 Å². The summed E-state index contributed by atoms with van der Waals surface area (Å²) >= 11 is 0. The summed E-state index contributed by atoms with van der Waals surface area (Å²) in [6, 6.07) is 8.96. The Morgan fingerprint density at radius 3 is 2.60 bits per heavy atom. The maximum Gasteiger partial charge on any atom is 0.0359 e. The van der Waals surface area contributed by atoms with Crippen molar-refractivity contribution in [1.29, 1.82) is 0 Å². The molecule has 0 saturated carbocycles. The first-order chi connectivity index (χ1) is 7.15. The van der Waals surface area contributed by atoms with E-state index in [0.717, 1.165) is 13.0 Å². The molecule has 1 heteroatoms. The molecule has 0 spiro atoms. The van der Waals surface area contributed by atoms with Gasteiger partial charge in [0.2, 0.25) is 0 Å². The standard InChI is InChI=1S/C14H21N/c1-5-15-14(10-11(2)3)13-9-7-6-8-12(13)4/h6-9,14-15H,2,5,10H2,1,3-4H3. The molecule has 1 atom stereocenters. The van der Waals surface area contributed by atoms with E-state index >= 15 is 0 Å². The van der Waals surface area contributed by atoms with Gasteiger partial charge in [-0.3, -0.25) is 0 Å². The van der Waals surface area contributed by atoms with Crippen molar-refractivity contribution < 1.29 is 0 Å². The van der Waals surface area contributed by atoms with Crippen molar-refractivity contribution in [3.05, 3.63) is 47.5 Å². The number of nitrogens with one attached hydrogen (secondary N) is 1. The third kappa shape index (κ3) is 3.52. The molecule has 1 nitrogen and oxygen atoms in total. The Morgan fingerprint density at radius 2 is 2.07 bits per heavy atom. The lowest BCUT2D eigenvalue weighted by atomic mass is 9.96. The van der Waals surface area contributed by atoms with Crippen LogP contribution in [-0.2, 0) is 0 Å². The molecule has 0 heterocycles. The Labute approximate surface area is 93.2 Å². The van der Waals surface area contributed by atoms with E-state index < -0.39 is 0 Å². The largest absolute Gasteiger partial charge is 0.310 e. The molecule has 1 aromatic rings. The van der Waals surface area contributed by atoms with Crippen LogP contribution in [0.2, 0.25) is 0 Å². The fraction of sp³-hybridized carbons (Fsp3) is 0.429. The predicted octanol–water partition coefficient (Wildman–Crippen LogP) is 3.61. The molecule has 0 fully saturated rings. The lowest BCUT2D eigenvalue weighted by molar-refractivity contribution is 0.546. The van der Waals surface area contributed by atoms with Crippen LogP contribution >= 0.6 is 0 Å². The van der Waals surface area contributed by atoms with Crippen LogP contribution in [-0.4, -0.2) is 6.54 Å². The SMILES string of the molecule is C=C(C)CC(NCC)c1ccccc1C. The molecule has 82 valence electrons. The second-order valence-corrected chi connectivity index (χ2v) is 4.13. The van der Waals surface area contributed by atoms with E-state index in [2.05, 4.69) is 56.9 Å². The molecule has 1 N–H and O–H groups in total. The average Bonchev–Trinajstić information content (AvgIpc) is 2.17. The fourth-order valence-corrected chi connectivity index (χ4v) is 1.86. The molecule has 0 aliphatic carbocycles. The molecule has 0 amide bonds. The molecular formula is C14H21N. The summed E-state index contributed by atoms with van der Waals surface area (Å²) < 4.78 is 0. The van der Waals surface area contributed by atoms with Crippen LogP contribution in [0.4, 0.5) is 0 Å². The molecule has 0 saturated heterocycles. The van der Waals surface area contributed by atoms with Crippen LogP contribution < -0.4 is 5.32 Å². The zero-order valence-corrected chi connectivity index (χ0v) is 10.0. The van der Waals surface area contributed by atoms with Crippen molar-refractivity contribution in [3.8, 4) is 0 Å². The number of hydrogen-bond acceptors (Lipinski definition) is 1. The minimum atomic E-state index is 0.411. The van der Waals surface area contributed by atoms with Gasteiger partial charge in [0.15, 0.2) is 0 Å². The molecule has 1 aromatic carbocycles. The number of hydrogen-bond donors (Lipinski definition) is 1. The van der Waals surface area contributed by atoms with Gasteiger partial charge in [-0.1, -0.05) is 36.8 Å². The summed E-state index contributed by atoms with van der Waals surface area (Å²) in [5.74, 6) is 0. The van der Waals surface area contributed by atoms with Gasteiger partial charge in [-0.25, -0.2) is 0 Å². The van der Waals surface area contributed by atoms with Gasteiger partial charge in [-0.15, -0.1) is 6.58 Å². The van der Waals surface area contributed by atoms with Crippen molar-refractivity contribution in [2.45, 2.75) is 33.2 Å². The summed E-state index contributed by atoms with van der Waals surface area (Å²) in [5.41, 5.74) is 3.97. The Morgan fingerprint density at radius 1 is 1.40 bits per heavy atom. The highest BCUT2D eigenvalue weighted by Gasteiger charge is 2.11. The van der Waals surface area contributed by atoms with Crippen LogP contribution in [0, 0.1) is 6.92 Å². The van der Waals surface area contributed by atoms with Gasteiger partial charge in [0, 0.05) is 6.04 Å². The minimum absolute atomic E-state index is 0.411. The fourth-order valence-electron chi connectivity index (χ4n) is 1.86. The summed E-state index contributed by atoms with van der Waals surface area (Å²) in [7, 11) is 0. The molecule has 0 aliphatic heterocycles. The van der Waals surface area contributed by atoms with E-state index in [1.54, 1.807) is 0 Å². The zero-order chi connectivity index (χ0) is 11.3. The highest BCUT2D eigenvalue weighted by molar-refractivity contribution is 5.29. The van der Waals surface area contributed by atoms with Crippen LogP contribution in [0.15, 0.2) is 36.4 Å². The van der Waals surface area contributed by atoms with Gasteiger partial charge >= 0.3 is 0 Å². The van der Waals surface area contributed by atoms with Crippen molar-refractivity contribution in [2.24, 2.45) is 0 Å². The Hall–Kier alpha value is -1.08. The Bertz CT molecular complexity index is 328. The van der Waals surface area contributed by atoms with E-state index in [-0.39, 0.29) is 0 Å². The number of benzene rings is 1. The van der Waals surface area contributed by atoms with Crippen LogP contribution in [0.25, 0.3) is 0 Å². The Balaban J connectivity index is 2.88. The van der Waals surface area contributed by atoms with Crippen molar-refractivity contribution in [3.63, 3.8) is 0 Å². The molecule has 0 aromatic heterocycles. The smallest absolute Gasteiger partial charge is 0.0359 e. The normalized spacial score (nSPS) is 12.5. The maximum absolute atomic E-state index is 3.99. The summed E-state index contributed by atoms with van der Waals surface area (Å²) in [6.07, 6.45) is 1.01. The molecule has 0 radical (unpaired) electrons. The van der Waals surface area contributed by atoms with Crippen LogP contribution in [0.1, 0.15) is 37.4 Å². The Kier molecular flexibility index (Phi) is 4.57. The van der Waals surface area contributed by atoms with E-state index in [0.29, 0.717) is 6.04 Å². The monoisotopic (exact) mass is 203 g/mol. The van der Waals surface area contributed by atoms with E-state index in [1.807, 2.05) is 0 Å². The molecule has 15 heavy (non-hydrogen) atoms. The predicted molar refractivity (Wildman–Crippen MR) is 67.0 cm³/mol. The van der Waals surface area contributed by atoms with Crippen LogP contribution in [0.3, 0.4) is 0 Å². The summed E-state index contributed by atoms with van der Waals surface area (Å²) in [4.78, 5) is 0. The lowest BCUT2D eigenvalue weighted by Gasteiger charge is -2.20. The second kappa shape index (κ2) is 5.72. The highest BCUT2D eigenvalue weighted by atomic mass is 14.9. The van der Waals surface area contributed by atoms with E-state index in [9.17, 15) is 0 Å². The summed E-state index contributed by atoms with van der Waals surface area (Å²) in [6.45, 7) is 11.4. The van der Waals surface area contributed by atoms with E-state index in [4.69, 9.17) is 0 Å². The molecular weight excluding hydrogens is 182 g/mol. The third-order valence-corrected chi connectivity index (χ3v) is 2.57. The quantitative estimate of drug-likeness (QED) is 0.721. The van der Waals surface area contributed by atoms with E-state index in [1.165, 1.54) is 16.7 Å². The van der Waals surface area contributed by atoms with Crippen LogP contribution in [0.5, 0.6) is 0 Å². The topological polar surface area (TPSA) is 12.0 Å².